The maximum Gasteiger partial charge on any atom is 0.135 e. The smallest absolute Gasteiger partial charge is 0.135 e. The van der Waals surface area contributed by atoms with E-state index in [2.05, 4.69) is 19.9 Å². The predicted molar refractivity (Wildman–Crippen MR) is 73.5 cm³/mol. The molecule has 92 valence electrons. The quantitative estimate of drug-likeness (QED) is 0.808. The van der Waals surface area contributed by atoms with E-state index in [-0.39, 0.29) is 13.5 Å². The standard InChI is InChI=1S/C14H20NOP/c1-5-13(16)10(3)7-12-11(4)17-8-9(2)6-14(17)15-12/h6,10H,5,7-8H2,1-4H3. The molecule has 1 aliphatic heterocycles. The van der Waals surface area contributed by atoms with Crippen molar-refractivity contribution in [2.75, 3.05) is 0 Å². The summed E-state index contributed by atoms with van der Waals surface area (Å²) in [5, 5.41) is 1.44. The number of allylic oxidation sites excluding steroid dienone is 1. The zero-order chi connectivity index (χ0) is 12.6. The van der Waals surface area contributed by atoms with Crippen LogP contribution < -0.4 is 0 Å². The molecule has 2 unspecified atom stereocenters. The van der Waals surface area contributed by atoms with E-state index in [1.54, 1.807) is 0 Å². The summed E-state index contributed by atoms with van der Waals surface area (Å²) in [5.41, 5.74) is 3.91. The van der Waals surface area contributed by atoms with E-state index in [0.717, 1.165) is 6.42 Å². The van der Waals surface area contributed by atoms with Crippen molar-refractivity contribution in [2.24, 2.45) is 5.92 Å². The highest BCUT2D eigenvalue weighted by molar-refractivity contribution is 7.51. The monoisotopic (exact) mass is 249 g/mol. The Morgan fingerprint density at radius 1 is 1.53 bits per heavy atom. The van der Waals surface area contributed by atoms with Gasteiger partial charge in [0.15, 0.2) is 0 Å². The Bertz CT molecular complexity index is 485. The van der Waals surface area contributed by atoms with Gasteiger partial charge in [-0.25, -0.2) is 4.98 Å². The molecule has 0 aromatic carbocycles. The van der Waals surface area contributed by atoms with Gasteiger partial charge in [-0.15, -0.1) is 0 Å². The fourth-order valence-corrected chi connectivity index (χ4v) is 4.78. The highest BCUT2D eigenvalue weighted by Gasteiger charge is 2.21. The summed E-state index contributed by atoms with van der Waals surface area (Å²) in [6.45, 7) is 8.34. The molecule has 2 nitrogen and oxygen atoms in total. The molecule has 1 aromatic heterocycles. The second kappa shape index (κ2) is 4.78. The topological polar surface area (TPSA) is 30.0 Å². The van der Waals surface area contributed by atoms with Crippen LogP contribution in [0.15, 0.2) is 5.57 Å². The molecule has 3 heteroatoms. The van der Waals surface area contributed by atoms with E-state index in [0.29, 0.717) is 12.2 Å². The molecule has 0 amide bonds. The van der Waals surface area contributed by atoms with Crippen molar-refractivity contribution in [3.8, 4) is 0 Å². The van der Waals surface area contributed by atoms with Gasteiger partial charge in [-0.2, -0.15) is 0 Å². The summed E-state index contributed by atoms with van der Waals surface area (Å²) in [5.74, 6) is 0.469. The second-order valence-corrected chi connectivity index (χ2v) is 7.31. The summed E-state index contributed by atoms with van der Waals surface area (Å²) in [4.78, 5) is 16.4. The van der Waals surface area contributed by atoms with Crippen LogP contribution in [0.25, 0.3) is 6.08 Å². The molecule has 2 atom stereocenters. The van der Waals surface area contributed by atoms with Crippen LogP contribution in [0.2, 0.25) is 0 Å². The van der Waals surface area contributed by atoms with Gasteiger partial charge in [-0.1, -0.05) is 27.0 Å². The lowest BCUT2D eigenvalue weighted by atomic mass is 9.98. The third kappa shape index (κ3) is 2.37. The summed E-state index contributed by atoms with van der Waals surface area (Å²) in [6, 6.07) is 0. The van der Waals surface area contributed by atoms with Gasteiger partial charge in [-0.3, -0.25) is 4.79 Å². The molecular weight excluding hydrogens is 229 g/mol. The molecule has 0 aliphatic carbocycles. The van der Waals surface area contributed by atoms with Crippen molar-refractivity contribution in [3.63, 3.8) is 0 Å². The number of aromatic nitrogens is 1. The maximum atomic E-state index is 11.6. The Morgan fingerprint density at radius 2 is 2.24 bits per heavy atom. The SMILES string of the molecule is CCC(=O)C(C)Cc1nc2p(c1C)CC(C)=C2. The number of carbonyl (C=O) groups is 1. The summed E-state index contributed by atoms with van der Waals surface area (Å²) in [6.07, 6.45) is 4.87. The molecule has 2 heterocycles. The molecule has 0 spiro atoms. The first-order valence-corrected chi connectivity index (χ1v) is 7.81. The number of fused-ring (bicyclic) bond motifs is 1. The third-order valence-corrected chi connectivity index (χ3v) is 6.19. The van der Waals surface area contributed by atoms with Gasteiger partial charge in [0.05, 0.1) is 5.43 Å². The first-order valence-electron chi connectivity index (χ1n) is 6.28. The molecule has 0 N–H and O–H groups in total. The fourth-order valence-electron chi connectivity index (χ4n) is 2.38. The largest absolute Gasteiger partial charge is 0.299 e. The average molecular weight is 249 g/mol. The molecule has 2 rings (SSSR count). The molecule has 0 saturated heterocycles. The molecule has 0 fully saturated rings. The van der Waals surface area contributed by atoms with Crippen molar-refractivity contribution >= 4 is 19.4 Å². The van der Waals surface area contributed by atoms with Crippen molar-refractivity contribution < 1.29 is 4.79 Å². The van der Waals surface area contributed by atoms with Crippen LogP contribution in [0.5, 0.6) is 0 Å². The van der Waals surface area contributed by atoms with Gasteiger partial charge >= 0.3 is 0 Å². The maximum absolute atomic E-state index is 11.6. The first kappa shape index (κ1) is 12.6. The minimum atomic E-state index is -0.161. The van der Waals surface area contributed by atoms with E-state index >= 15 is 0 Å². The van der Waals surface area contributed by atoms with Crippen LogP contribution in [-0.4, -0.2) is 10.8 Å². The number of carbonyl (C=O) groups excluding carboxylic acids is 1. The highest BCUT2D eigenvalue weighted by Crippen LogP contribution is 2.48. The van der Waals surface area contributed by atoms with Gasteiger partial charge in [0.25, 0.3) is 0 Å². The Balaban J connectivity index is 2.19. The zero-order valence-corrected chi connectivity index (χ0v) is 12.0. The highest BCUT2D eigenvalue weighted by atomic mass is 31.1. The normalized spacial score (nSPS) is 16.7. The van der Waals surface area contributed by atoms with E-state index in [4.69, 9.17) is 4.98 Å². The number of nitrogens with zero attached hydrogens (tertiary/aromatic N) is 1. The van der Waals surface area contributed by atoms with Crippen molar-refractivity contribution in [1.29, 1.82) is 0 Å². The number of hydrogen-bond acceptors (Lipinski definition) is 2. The van der Waals surface area contributed by atoms with Crippen LogP contribution in [0.1, 0.15) is 43.6 Å². The van der Waals surface area contributed by atoms with Gasteiger partial charge in [-0.05, 0) is 31.6 Å². The van der Waals surface area contributed by atoms with E-state index in [1.165, 1.54) is 28.1 Å². The molecule has 1 aliphatic rings. The van der Waals surface area contributed by atoms with Gasteiger partial charge in [0.2, 0.25) is 0 Å². The summed E-state index contributed by atoms with van der Waals surface area (Å²) in [7, 11) is -0.161. The van der Waals surface area contributed by atoms with Crippen LogP contribution in [0, 0.1) is 12.8 Å². The lowest BCUT2D eigenvalue weighted by molar-refractivity contribution is -0.122. The molecular formula is C14H20NOP. The zero-order valence-electron chi connectivity index (χ0n) is 11.1. The number of Topliss-reactive ketones (excluding diaryl/α,β-unsaturated/α-hetero) is 1. The van der Waals surface area contributed by atoms with E-state index in [9.17, 15) is 4.79 Å². The second-order valence-electron chi connectivity index (χ2n) is 5.00. The summed E-state index contributed by atoms with van der Waals surface area (Å²) < 4.78 is 0. The first-order chi connectivity index (χ1) is 8.02. The van der Waals surface area contributed by atoms with Gasteiger partial charge < -0.3 is 0 Å². The van der Waals surface area contributed by atoms with Gasteiger partial charge in [0, 0.05) is 24.2 Å². The Kier molecular flexibility index (Phi) is 3.53. The van der Waals surface area contributed by atoms with Crippen LogP contribution in [-0.2, 0) is 17.4 Å². The van der Waals surface area contributed by atoms with Crippen LogP contribution in [0.3, 0.4) is 0 Å². The Hall–Kier alpha value is -0.880. The molecule has 0 radical (unpaired) electrons. The van der Waals surface area contributed by atoms with E-state index in [1.807, 2.05) is 13.8 Å². The predicted octanol–water partition coefficient (Wildman–Crippen LogP) is 3.95. The number of hydrogen-bond donors (Lipinski definition) is 0. The van der Waals surface area contributed by atoms with Gasteiger partial charge in [0.1, 0.15) is 5.78 Å². The molecule has 0 saturated carbocycles. The Labute approximate surface area is 104 Å². The molecule has 17 heavy (non-hydrogen) atoms. The van der Waals surface area contributed by atoms with Crippen molar-refractivity contribution in [1.82, 2.24) is 4.98 Å². The molecule has 1 aromatic rings. The van der Waals surface area contributed by atoms with Crippen molar-refractivity contribution in [2.45, 2.75) is 46.7 Å². The minimum Gasteiger partial charge on any atom is -0.299 e. The Morgan fingerprint density at radius 3 is 2.82 bits per heavy atom. The van der Waals surface area contributed by atoms with Crippen molar-refractivity contribution in [3.05, 3.63) is 22.0 Å². The lowest BCUT2D eigenvalue weighted by Crippen LogP contribution is -2.13. The third-order valence-electron chi connectivity index (χ3n) is 3.53. The number of ketones is 1. The van der Waals surface area contributed by atoms with E-state index < -0.39 is 0 Å². The summed E-state index contributed by atoms with van der Waals surface area (Å²) >= 11 is 0. The van der Waals surface area contributed by atoms with Crippen LogP contribution in [0.4, 0.5) is 0 Å². The lowest BCUT2D eigenvalue weighted by Gasteiger charge is -2.08. The fraction of sp³-hybridized carbons (Fsp3) is 0.571. The van der Waals surface area contributed by atoms with Crippen LogP contribution >= 0.6 is 7.53 Å². The number of rotatable bonds is 4. The average Bonchev–Trinajstić information content (AvgIpc) is 2.77. The minimum absolute atomic E-state index is 0.120. The molecule has 0 bridgehead atoms.